The summed E-state index contributed by atoms with van der Waals surface area (Å²) in [6.45, 7) is 0. The average Bonchev–Trinajstić information content (AvgIpc) is 2.87. The van der Waals surface area contributed by atoms with Crippen LogP contribution in [0, 0.1) is 0 Å². The first-order chi connectivity index (χ1) is 12.1. The number of carbonyl (C=O) groups excluding carboxylic acids is 1. The SMILES string of the molecule is COc1ccc(NC2=N[C@@]3(N=C(N)N2)C(=O)Nc2ccccc23)cc1. The molecule has 0 unspecified atom stereocenters. The molecule has 1 amide bonds. The number of guanidine groups is 2. The van der Waals surface area contributed by atoms with Crippen LogP contribution in [-0.4, -0.2) is 24.9 Å². The zero-order valence-corrected chi connectivity index (χ0v) is 13.4. The highest BCUT2D eigenvalue weighted by atomic mass is 16.5. The van der Waals surface area contributed by atoms with Crippen molar-refractivity contribution in [3.8, 4) is 5.75 Å². The summed E-state index contributed by atoms with van der Waals surface area (Å²) < 4.78 is 5.14. The van der Waals surface area contributed by atoms with Gasteiger partial charge in [-0.05, 0) is 30.3 Å². The van der Waals surface area contributed by atoms with Crippen molar-refractivity contribution < 1.29 is 9.53 Å². The summed E-state index contributed by atoms with van der Waals surface area (Å²) in [4.78, 5) is 21.4. The van der Waals surface area contributed by atoms with E-state index in [-0.39, 0.29) is 11.9 Å². The average molecular weight is 336 g/mol. The van der Waals surface area contributed by atoms with Crippen molar-refractivity contribution in [1.82, 2.24) is 5.32 Å². The molecule has 5 N–H and O–H groups in total. The van der Waals surface area contributed by atoms with Crippen LogP contribution < -0.4 is 26.4 Å². The minimum Gasteiger partial charge on any atom is -0.497 e. The molecule has 2 aliphatic heterocycles. The number of hydrogen-bond donors (Lipinski definition) is 4. The Morgan fingerprint density at radius 3 is 2.60 bits per heavy atom. The molecule has 2 aliphatic rings. The van der Waals surface area contributed by atoms with Gasteiger partial charge in [0.1, 0.15) is 5.75 Å². The number of amides is 1. The van der Waals surface area contributed by atoms with E-state index in [0.29, 0.717) is 17.2 Å². The lowest BCUT2D eigenvalue weighted by molar-refractivity contribution is -0.120. The Kier molecular flexibility index (Phi) is 3.31. The van der Waals surface area contributed by atoms with Gasteiger partial charge in [-0.25, -0.2) is 9.98 Å². The molecule has 0 fully saturated rings. The van der Waals surface area contributed by atoms with Gasteiger partial charge >= 0.3 is 0 Å². The van der Waals surface area contributed by atoms with Gasteiger partial charge in [-0.15, -0.1) is 0 Å². The molecule has 0 saturated heterocycles. The maximum absolute atomic E-state index is 12.6. The molecule has 8 nitrogen and oxygen atoms in total. The predicted molar refractivity (Wildman–Crippen MR) is 95.6 cm³/mol. The number of benzene rings is 2. The topological polar surface area (TPSA) is 113 Å². The summed E-state index contributed by atoms with van der Waals surface area (Å²) in [6, 6.07) is 14.6. The molecule has 126 valence electrons. The van der Waals surface area contributed by atoms with Crippen LogP contribution in [0.3, 0.4) is 0 Å². The number of nitrogens with zero attached hydrogens (tertiary/aromatic N) is 2. The minimum atomic E-state index is -1.42. The van der Waals surface area contributed by atoms with Gasteiger partial charge in [-0.2, -0.15) is 0 Å². The number of para-hydroxylation sites is 1. The van der Waals surface area contributed by atoms with Crippen molar-refractivity contribution in [2.75, 3.05) is 17.7 Å². The van der Waals surface area contributed by atoms with Crippen molar-refractivity contribution in [1.29, 1.82) is 0 Å². The molecular weight excluding hydrogens is 320 g/mol. The standard InChI is InChI=1S/C17H16N6O2/c1-25-11-8-6-10(7-9-11)19-16-21-15(18)22-17(23-16)12-4-2-3-5-13(12)20-14(17)24/h2-9H,1H3,(H,20,24)(H4,18,19,21,22,23)/t17-/m1/s1. The van der Waals surface area contributed by atoms with Crippen LogP contribution in [0.25, 0.3) is 0 Å². The van der Waals surface area contributed by atoms with Crippen molar-refractivity contribution in [2.45, 2.75) is 5.66 Å². The van der Waals surface area contributed by atoms with Gasteiger partial charge in [-0.3, -0.25) is 10.1 Å². The number of nitrogens with two attached hydrogens (primary N) is 1. The van der Waals surface area contributed by atoms with E-state index >= 15 is 0 Å². The molecule has 2 aromatic rings. The number of rotatable bonds is 2. The van der Waals surface area contributed by atoms with Gasteiger partial charge < -0.3 is 21.1 Å². The Hall–Kier alpha value is -3.55. The molecule has 2 heterocycles. The number of carbonyl (C=O) groups is 1. The number of hydrogen-bond acceptors (Lipinski definition) is 7. The van der Waals surface area contributed by atoms with Crippen molar-refractivity contribution >= 4 is 29.2 Å². The van der Waals surface area contributed by atoms with E-state index in [2.05, 4.69) is 25.9 Å². The zero-order valence-electron chi connectivity index (χ0n) is 13.4. The monoisotopic (exact) mass is 336 g/mol. The highest BCUT2D eigenvalue weighted by Crippen LogP contribution is 2.40. The first-order valence-electron chi connectivity index (χ1n) is 7.65. The van der Waals surface area contributed by atoms with Gasteiger partial charge in [-0.1, -0.05) is 18.2 Å². The molecule has 0 saturated carbocycles. The number of nitrogens with one attached hydrogen (secondary N) is 3. The first-order valence-corrected chi connectivity index (χ1v) is 7.65. The molecule has 0 aliphatic carbocycles. The minimum absolute atomic E-state index is 0.109. The van der Waals surface area contributed by atoms with Crippen LogP contribution in [0.15, 0.2) is 58.5 Å². The highest BCUT2D eigenvalue weighted by Gasteiger charge is 2.49. The summed E-state index contributed by atoms with van der Waals surface area (Å²) in [6.07, 6.45) is 0. The normalized spacial score (nSPS) is 20.9. The summed E-state index contributed by atoms with van der Waals surface area (Å²) >= 11 is 0. The van der Waals surface area contributed by atoms with E-state index in [1.807, 2.05) is 48.5 Å². The first kappa shape index (κ1) is 15.0. The number of fused-ring (bicyclic) bond motifs is 2. The molecule has 0 radical (unpaired) electrons. The zero-order chi connectivity index (χ0) is 17.4. The largest absolute Gasteiger partial charge is 0.497 e. The van der Waals surface area contributed by atoms with Gasteiger partial charge in [0, 0.05) is 16.9 Å². The number of ether oxygens (including phenoxy) is 1. The quantitative estimate of drug-likeness (QED) is 0.658. The van der Waals surface area contributed by atoms with Gasteiger partial charge in [0.2, 0.25) is 5.96 Å². The van der Waals surface area contributed by atoms with Crippen LogP contribution in [0.5, 0.6) is 5.75 Å². The van der Waals surface area contributed by atoms with Crippen molar-refractivity contribution in [2.24, 2.45) is 15.7 Å². The van der Waals surface area contributed by atoms with E-state index in [9.17, 15) is 4.79 Å². The van der Waals surface area contributed by atoms with Gasteiger partial charge in [0.15, 0.2) is 5.96 Å². The molecule has 4 rings (SSSR count). The Balaban J connectivity index is 1.71. The Morgan fingerprint density at radius 2 is 1.84 bits per heavy atom. The van der Waals surface area contributed by atoms with Crippen LogP contribution in [-0.2, 0) is 10.5 Å². The molecule has 0 aromatic heterocycles. The predicted octanol–water partition coefficient (Wildman–Crippen LogP) is 1.19. The Morgan fingerprint density at radius 1 is 1.08 bits per heavy atom. The Labute approximate surface area is 143 Å². The Bertz CT molecular complexity index is 906. The second-order valence-corrected chi connectivity index (χ2v) is 5.61. The second kappa shape index (κ2) is 5.52. The lowest BCUT2D eigenvalue weighted by Gasteiger charge is -2.26. The van der Waals surface area contributed by atoms with E-state index in [1.54, 1.807) is 7.11 Å². The van der Waals surface area contributed by atoms with Crippen molar-refractivity contribution in [3.63, 3.8) is 0 Å². The maximum atomic E-state index is 12.6. The van der Waals surface area contributed by atoms with E-state index in [1.165, 1.54) is 0 Å². The molecule has 8 heteroatoms. The van der Waals surface area contributed by atoms with E-state index in [0.717, 1.165) is 11.4 Å². The fourth-order valence-electron chi connectivity index (χ4n) is 2.86. The van der Waals surface area contributed by atoms with Gasteiger partial charge in [0.05, 0.1) is 7.11 Å². The highest BCUT2D eigenvalue weighted by molar-refractivity contribution is 6.13. The lowest BCUT2D eigenvalue weighted by atomic mass is 10.0. The summed E-state index contributed by atoms with van der Waals surface area (Å²) in [5.74, 6) is 0.848. The van der Waals surface area contributed by atoms with Crippen LogP contribution in [0.4, 0.5) is 11.4 Å². The third-order valence-corrected chi connectivity index (χ3v) is 4.02. The van der Waals surface area contributed by atoms with Crippen LogP contribution in [0.2, 0.25) is 0 Å². The summed E-state index contributed by atoms with van der Waals surface area (Å²) in [7, 11) is 1.60. The maximum Gasteiger partial charge on any atom is 0.280 e. The van der Waals surface area contributed by atoms with E-state index in [4.69, 9.17) is 10.5 Å². The van der Waals surface area contributed by atoms with Crippen molar-refractivity contribution in [3.05, 3.63) is 54.1 Å². The summed E-state index contributed by atoms with van der Waals surface area (Å²) in [5.41, 5.74) is 6.61. The number of methoxy groups -OCH3 is 1. The second-order valence-electron chi connectivity index (χ2n) is 5.61. The summed E-state index contributed by atoms with van der Waals surface area (Å²) in [5, 5.41) is 8.76. The van der Waals surface area contributed by atoms with E-state index < -0.39 is 5.66 Å². The number of anilines is 2. The van der Waals surface area contributed by atoms with Crippen LogP contribution >= 0.6 is 0 Å². The van der Waals surface area contributed by atoms with Crippen LogP contribution in [0.1, 0.15) is 5.56 Å². The molecule has 0 bridgehead atoms. The third kappa shape index (κ3) is 2.44. The molecule has 1 spiro atoms. The fraction of sp³-hybridized carbons (Fsp3) is 0.118. The smallest absolute Gasteiger partial charge is 0.280 e. The molecule has 1 atom stereocenters. The lowest BCUT2D eigenvalue weighted by Crippen LogP contribution is -2.49. The molecule has 2 aromatic carbocycles. The van der Waals surface area contributed by atoms with Gasteiger partial charge in [0.25, 0.3) is 11.6 Å². The molecule has 25 heavy (non-hydrogen) atoms. The fourth-order valence-corrected chi connectivity index (χ4v) is 2.86. The third-order valence-electron chi connectivity index (χ3n) is 4.02. The number of aliphatic imine (C=N–C) groups is 2. The molecular formula is C17H16N6O2.